The van der Waals surface area contributed by atoms with E-state index >= 15 is 0 Å². The molecule has 1 saturated carbocycles. The van der Waals surface area contributed by atoms with E-state index in [4.69, 9.17) is 0 Å². The lowest BCUT2D eigenvalue weighted by Gasteiger charge is -2.44. The van der Waals surface area contributed by atoms with Gasteiger partial charge in [-0.15, -0.1) is 0 Å². The van der Waals surface area contributed by atoms with Crippen LogP contribution in [0.5, 0.6) is 0 Å². The first kappa shape index (κ1) is 14.2. The van der Waals surface area contributed by atoms with Crippen LogP contribution >= 0.6 is 0 Å². The van der Waals surface area contributed by atoms with Crippen molar-refractivity contribution in [2.75, 3.05) is 7.05 Å². The zero-order valence-corrected chi connectivity index (χ0v) is 12.2. The van der Waals surface area contributed by atoms with Crippen molar-refractivity contribution in [3.05, 3.63) is 0 Å². The van der Waals surface area contributed by atoms with Gasteiger partial charge in [0.25, 0.3) is 0 Å². The molecule has 4 atom stereocenters. The maximum atomic E-state index is 12.5. The summed E-state index contributed by atoms with van der Waals surface area (Å²) in [7, 11) is 1.32. The van der Waals surface area contributed by atoms with Crippen molar-refractivity contribution >= 4 is 10.8 Å². The van der Waals surface area contributed by atoms with Crippen LogP contribution in [-0.2, 0) is 10.8 Å². The highest BCUT2D eigenvalue weighted by molar-refractivity contribution is 7.86. The minimum Gasteiger partial charge on any atom is -0.315 e. The highest BCUT2D eigenvalue weighted by Crippen LogP contribution is 2.38. The maximum Gasteiger partial charge on any atom is 0.0509 e. The average molecular weight is 245 g/mol. The number of nitrogens with one attached hydrogen (secondary N) is 1. The summed E-state index contributed by atoms with van der Waals surface area (Å²) in [5.74, 6) is 0. The largest absolute Gasteiger partial charge is 0.315 e. The van der Waals surface area contributed by atoms with Crippen molar-refractivity contribution in [3.63, 3.8) is 0 Å². The van der Waals surface area contributed by atoms with Gasteiger partial charge in [0.1, 0.15) is 0 Å². The summed E-state index contributed by atoms with van der Waals surface area (Å²) < 4.78 is 12.5. The lowest BCUT2D eigenvalue weighted by atomic mass is 9.73. The fraction of sp³-hybridized carbons (Fsp3) is 1.00. The molecule has 0 aromatic carbocycles. The van der Waals surface area contributed by atoms with Crippen molar-refractivity contribution < 1.29 is 4.21 Å². The standard InChI is InChI=1S/C13H27NOS/c1-6-10(2)16(15)11-8-7-9-13(3,4)12(11)14-5/h10-12,14H,6-9H2,1-5H3. The molecular weight excluding hydrogens is 218 g/mol. The Kier molecular flexibility index (Phi) is 4.99. The molecule has 0 aromatic heterocycles. The van der Waals surface area contributed by atoms with Crippen LogP contribution in [0.1, 0.15) is 53.4 Å². The van der Waals surface area contributed by atoms with Crippen LogP contribution in [0.2, 0.25) is 0 Å². The first-order chi connectivity index (χ1) is 7.44. The van der Waals surface area contributed by atoms with Gasteiger partial charge in [0.15, 0.2) is 0 Å². The van der Waals surface area contributed by atoms with Gasteiger partial charge in [0, 0.05) is 22.1 Å². The number of hydrogen-bond acceptors (Lipinski definition) is 2. The predicted octanol–water partition coefficient (Wildman–Crippen LogP) is 2.70. The van der Waals surface area contributed by atoms with Crippen LogP contribution in [0.4, 0.5) is 0 Å². The van der Waals surface area contributed by atoms with Gasteiger partial charge in [0.05, 0.1) is 5.25 Å². The summed E-state index contributed by atoms with van der Waals surface area (Å²) in [6.07, 6.45) is 4.59. The molecule has 0 aromatic rings. The monoisotopic (exact) mass is 245 g/mol. The Morgan fingerprint density at radius 1 is 1.50 bits per heavy atom. The third kappa shape index (κ3) is 2.86. The molecule has 0 radical (unpaired) electrons. The maximum absolute atomic E-state index is 12.5. The Balaban J connectivity index is 2.81. The molecule has 0 aliphatic heterocycles. The third-order valence-electron chi connectivity index (χ3n) is 4.10. The van der Waals surface area contributed by atoms with Gasteiger partial charge >= 0.3 is 0 Å². The zero-order valence-electron chi connectivity index (χ0n) is 11.4. The van der Waals surface area contributed by atoms with E-state index in [2.05, 4.69) is 33.0 Å². The Bertz CT molecular complexity index is 252. The van der Waals surface area contributed by atoms with Gasteiger partial charge in [-0.2, -0.15) is 0 Å². The van der Waals surface area contributed by atoms with Gasteiger partial charge in [-0.25, -0.2) is 0 Å². The Labute approximate surface area is 103 Å². The van der Waals surface area contributed by atoms with E-state index in [1.165, 1.54) is 12.8 Å². The Hall–Kier alpha value is 0.110. The summed E-state index contributed by atoms with van der Waals surface area (Å²) in [5, 5.41) is 4.08. The molecule has 3 heteroatoms. The van der Waals surface area contributed by atoms with Crippen LogP contribution in [-0.4, -0.2) is 27.8 Å². The van der Waals surface area contributed by atoms with Crippen LogP contribution in [0.3, 0.4) is 0 Å². The van der Waals surface area contributed by atoms with Gasteiger partial charge in [-0.05, 0) is 31.7 Å². The van der Waals surface area contributed by atoms with Crippen molar-refractivity contribution in [1.82, 2.24) is 5.32 Å². The number of hydrogen-bond donors (Lipinski definition) is 1. The first-order valence-electron chi connectivity index (χ1n) is 6.50. The quantitative estimate of drug-likeness (QED) is 0.825. The molecular formula is C13H27NOS. The van der Waals surface area contributed by atoms with Gasteiger partial charge in [-0.1, -0.05) is 34.1 Å². The zero-order chi connectivity index (χ0) is 12.3. The van der Waals surface area contributed by atoms with Crippen molar-refractivity contribution in [2.45, 2.75) is 69.9 Å². The lowest BCUT2D eigenvalue weighted by molar-refractivity contribution is 0.180. The highest BCUT2D eigenvalue weighted by atomic mass is 32.2. The molecule has 0 bridgehead atoms. The molecule has 96 valence electrons. The Morgan fingerprint density at radius 2 is 2.12 bits per heavy atom. The fourth-order valence-corrected chi connectivity index (χ4v) is 4.97. The summed E-state index contributed by atoms with van der Waals surface area (Å²) in [5.41, 5.74) is 0.279. The van der Waals surface area contributed by atoms with Crippen molar-refractivity contribution in [2.24, 2.45) is 5.41 Å². The molecule has 2 nitrogen and oxygen atoms in total. The van der Waals surface area contributed by atoms with E-state index in [-0.39, 0.29) is 5.41 Å². The molecule has 0 amide bonds. The smallest absolute Gasteiger partial charge is 0.0509 e. The third-order valence-corrected chi connectivity index (χ3v) is 6.34. The van der Waals surface area contributed by atoms with Crippen LogP contribution in [0, 0.1) is 5.41 Å². The second kappa shape index (κ2) is 5.63. The van der Waals surface area contributed by atoms with E-state index in [0.717, 1.165) is 12.8 Å². The number of rotatable bonds is 4. The molecule has 1 rings (SSSR count). The fourth-order valence-electron chi connectivity index (χ4n) is 2.87. The molecule has 1 fully saturated rings. The second-order valence-electron chi connectivity index (χ2n) is 5.73. The Morgan fingerprint density at radius 3 is 2.62 bits per heavy atom. The molecule has 1 aliphatic rings. The molecule has 0 saturated heterocycles. The molecule has 0 heterocycles. The van der Waals surface area contributed by atoms with Crippen molar-refractivity contribution in [1.29, 1.82) is 0 Å². The van der Waals surface area contributed by atoms with E-state index < -0.39 is 10.8 Å². The van der Waals surface area contributed by atoms with E-state index in [1.807, 2.05) is 7.05 Å². The SMILES string of the molecule is CCC(C)S(=O)C1CCCC(C)(C)C1NC. The molecule has 1 N–H and O–H groups in total. The van der Waals surface area contributed by atoms with Gasteiger partial charge in [-0.3, -0.25) is 4.21 Å². The molecule has 0 spiro atoms. The van der Waals surface area contributed by atoms with Crippen LogP contribution in [0.15, 0.2) is 0 Å². The van der Waals surface area contributed by atoms with Crippen molar-refractivity contribution in [3.8, 4) is 0 Å². The molecule has 16 heavy (non-hydrogen) atoms. The predicted molar refractivity (Wildman–Crippen MR) is 72.2 cm³/mol. The van der Waals surface area contributed by atoms with Crippen LogP contribution < -0.4 is 5.32 Å². The normalized spacial score (nSPS) is 33.3. The topological polar surface area (TPSA) is 29.1 Å². The average Bonchev–Trinajstić information content (AvgIpc) is 2.25. The summed E-state index contributed by atoms with van der Waals surface area (Å²) in [6.45, 7) is 8.84. The first-order valence-corrected chi connectivity index (χ1v) is 7.78. The molecule has 4 unspecified atom stereocenters. The van der Waals surface area contributed by atoms with Gasteiger partial charge < -0.3 is 5.32 Å². The highest BCUT2D eigenvalue weighted by Gasteiger charge is 2.41. The van der Waals surface area contributed by atoms with Gasteiger partial charge in [0.2, 0.25) is 0 Å². The van der Waals surface area contributed by atoms with E-state index in [1.54, 1.807) is 0 Å². The summed E-state index contributed by atoms with van der Waals surface area (Å²) >= 11 is 0. The van der Waals surface area contributed by atoms with E-state index in [9.17, 15) is 4.21 Å². The van der Waals surface area contributed by atoms with Crippen LogP contribution in [0.25, 0.3) is 0 Å². The molecule has 1 aliphatic carbocycles. The summed E-state index contributed by atoms with van der Waals surface area (Å²) in [6, 6.07) is 0.399. The second-order valence-corrected chi connectivity index (χ2v) is 7.80. The minimum atomic E-state index is -0.690. The minimum absolute atomic E-state index is 0.279. The van der Waals surface area contributed by atoms with E-state index in [0.29, 0.717) is 16.5 Å². The lowest BCUT2D eigenvalue weighted by Crippen LogP contribution is -2.53. The summed E-state index contributed by atoms with van der Waals surface area (Å²) in [4.78, 5) is 0.